The summed E-state index contributed by atoms with van der Waals surface area (Å²) in [5.41, 5.74) is 0.330. The smallest absolute Gasteiger partial charge is 0.303 e. The van der Waals surface area contributed by atoms with Crippen LogP contribution in [0.5, 0.6) is 0 Å². The van der Waals surface area contributed by atoms with Crippen LogP contribution in [0.3, 0.4) is 0 Å². The zero-order valence-corrected chi connectivity index (χ0v) is 30.7. The highest BCUT2D eigenvalue weighted by Gasteiger charge is 2.58. The third-order valence-corrected chi connectivity index (χ3v) is 9.66. The van der Waals surface area contributed by atoms with Gasteiger partial charge in [0.1, 0.15) is 23.9 Å². The molecule has 0 radical (unpaired) electrons. The van der Waals surface area contributed by atoms with E-state index in [0.29, 0.717) is 38.3 Å². The third kappa shape index (κ3) is 14.2. The number of thioether (sulfide) groups is 1. The van der Waals surface area contributed by atoms with Gasteiger partial charge in [0.15, 0.2) is 0 Å². The predicted octanol–water partition coefficient (Wildman–Crippen LogP) is 3.13. The molecule has 3 rings (SSSR count). The van der Waals surface area contributed by atoms with E-state index in [1.807, 2.05) is 32.3 Å². The van der Waals surface area contributed by atoms with Gasteiger partial charge in [0.25, 0.3) is 0 Å². The fourth-order valence-electron chi connectivity index (χ4n) is 6.23. The van der Waals surface area contributed by atoms with Crippen molar-refractivity contribution in [2.75, 3.05) is 31.7 Å². The van der Waals surface area contributed by atoms with Crippen LogP contribution in [-0.4, -0.2) is 109 Å². The minimum Gasteiger partial charge on any atom is -0.459 e. The number of carbonyl (C=O) groups excluding carboxylic acids is 4. The molecule has 0 aromatic carbocycles. The summed E-state index contributed by atoms with van der Waals surface area (Å²) in [4.78, 5) is 47.7. The molecule has 3 heterocycles. The van der Waals surface area contributed by atoms with Gasteiger partial charge in [0.2, 0.25) is 17.7 Å². The highest BCUT2D eigenvalue weighted by atomic mass is 32.2. The Kier molecular flexibility index (Phi) is 16.8. The molecule has 1 spiro atoms. The molecule has 3 aliphatic heterocycles. The van der Waals surface area contributed by atoms with Crippen molar-refractivity contribution in [2.45, 2.75) is 128 Å². The normalized spacial score (nSPS) is 30.7. The van der Waals surface area contributed by atoms with E-state index < -0.39 is 29.9 Å². The van der Waals surface area contributed by atoms with Crippen molar-refractivity contribution in [1.29, 1.82) is 0 Å². The Labute approximate surface area is 295 Å². The van der Waals surface area contributed by atoms with Crippen LogP contribution in [0.1, 0.15) is 79.6 Å². The van der Waals surface area contributed by atoms with Crippen LogP contribution in [0.2, 0.25) is 0 Å². The van der Waals surface area contributed by atoms with Crippen LogP contribution in [0.4, 0.5) is 0 Å². The number of hydrogen-bond donors (Lipinski definition) is 4. The van der Waals surface area contributed by atoms with Crippen LogP contribution in [-0.2, 0) is 38.1 Å². The fraction of sp³-hybridized carbons (Fsp3) is 0.722. The van der Waals surface area contributed by atoms with E-state index in [-0.39, 0.29) is 54.4 Å². The van der Waals surface area contributed by atoms with Gasteiger partial charge in [-0.15, -0.1) is 0 Å². The lowest BCUT2D eigenvalue weighted by Crippen LogP contribution is -2.50. The van der Waals surface area contributed by atoms with Crippen molar-refractivity contribution < 1.29 is 43.2 Å². The number of allylic oxidation sites excluding steroid dienone is 2. The first kappa shape index (κ1) is 40.7. The maximum absolute atomic E-state index is 12.7. The second-order valence-electron chi connectivity index (χ2n) is 13.5. The van der Waals surface area contributed by atoms with Crippen LogP contribution < -0.4 is 16.0 Å². The highest BCUT2D eigenvalue weighted by Crippen LogP contribution is 2.43. The van der Waals surface area contributed by atoms with Gasteiger partial charge in [-0.05, 0) is 71.1 Å². The number of unbranched alkanes of at least 4 members (excludes halogenated alkanes) is 2. The van der Waals surface area contributed by atoms with E-state index in [1.54, 1.807) is 13.0 Å². The summed E-state index contributed by atoms with van der Waals surface area (Å²) in [6, 6.07) is -0.135. The van der Waals surface area contributed by atoms with Crippen molar-refractivity contribution in [3.63, 3.8) is 0 Å². The van der Waals surface area contributed by atoms with Gasteiger partial charge in [0.05, 0.1) is 43.1 Å². The monoisotopic (exact) mass is 707 g/mol. The average Bonchev–Trinajstić information content (AvgIpc) is 3.81. The molecule has 0 aliphatic carbocycles. The van der Waals surface area contributed by atoms with Gasteiger partial charge in [-0.3, -0.25) is 19.2 Å². The molecule has 4 N–H and O–H groups in total. The molecule has 276 valence electrons. The van der Waals surface area contributed by atoms with Crippen LogP contribution >= 0.6 is 11.8 Å². The first-order chi connectivity index (χ1) is 23.3. The predicted molar refractivity (Wildman–Crippen MR) is 189 cm³/mol. The molecule has 9 atom stereocenters. The van der Waals surface area contributed by atoms with E-state index in [2.05, 4.69) is 29.0 Å². The van der Waals surface area contributed by atoms with Crippen LogP contribution in [0, 0.1) is 5.92 Å². The summed E-state index contributed by atoms with van der Waals surface area (Å²) >= 11 is 1.50. The number of epoxide rings is 1. The number of aliphatic hydroxyl groups excluding tert-OH is 1. The van der Waals surface area contributed by atoms with Crippen molar-refractivity contribution in [1.82, 2.24) is 16.0 Å². The first-order valence-electron chi connectivity index (χ1n) is 17.5. The summed E-state index contributed by atoms with van der Waals surface area (Å²) in [5, 5.41) is 19.8. The van der Waals surface area contributed by atoms with Gasteiger partial charge >= 0.3 is 5.97 Å². The maximum atomic E-state index is 12.7. The first-order valence-corrected chi connectivity index (χ1v) is 18.9. The summed E-state index contributed by atoms with van der Waals surface area (Å²) in [7, 11) is 0. The molecule has 0 unspecified atom stereocenters. The number of hydrogen-bond acceptors (Lipinski definition) is 10. The van der Waals surface area contributed by atoms with E-state index in [0.717, 1.165) is 31.3 Å². The zero-order chi connectivity index (χ0) is 36.0. The number of amides is 3. The molecule has 0 saturated carbocycles. The molecule has 3 aliphatic rings. The molecule has 3 saturated heterocycles. The second kappa shape index (κ2) is 20.2. The topological polar surface area (TPSA) is 165 Å². The zero-order valence-electron chi connectivity index (χ0n) is 29.9. The lowest BCUT2D eigenvalue weighted by atomic mass is 9.87. The number of aliphatic hydroxyl groups is 1. The summed E-state index contributed by atoms with van der Waals surface area (Å²) in [6.07, 6.45) is 13.0. The summed E-state index contributed by atoms with van der Waals surface area (Å²) in [6.45, 7) is 10.7. The SMILES string of the molecule is CSCC(=O)NCCCCCNC(=O)C[C@@H]1C[C@@]2(CO2)[C@H](O)[C@@H](/C=C/C(C)=C/C[C@@H]2O[C@H](C)[C@H](NC(=O)/C=C\[C@H](C)OC(C)=O)C[C@@H]2C)O1. The third-order valence-electron chi connectivity index (χ3n) is 9.11. The van der Waals surface area contributed by atoms with E-state index >= 15 is 0 Å². The minimum absolute atomic E-state index is 0.0144. The van der Waals surface area contributed by atoms with Crippen LogP contribution in [0.25, 0.3) is 0 Å². The molecule has 12 nitrogen and oxygen atoms in total. The molecule has 3 fully saturated rings. The number of carbonyl (C=O) groups is 4. The summed E-state index contributed by atoms with van der Waals surface area (Å²) in [5.74, 6) is -0.0186. The second-order valence-corrected chi connectivity index (χ2v) is 14.4. The number of nitrogens with one attached hydrogen (secondary N) is 3. The Morgan fingerprint density at radius 1 is 1.04 bits per heavy atom. The Hall–Kier alpha value is -2.71. The maximum Gasteiger partial charge on any atom is 0.303 e. The average molecular weight is 708 g/mol. The van der Waals surface area contributed by atoms with Crippen molar-refractivity contribution >= 4 is 35.5 Å². The van der Waals surface area contributed by atoms with Crippen molar-refractivity contribution in [3.05, 3.63) is 36.0 Å². The molecule has 0 aromatic rings. The lowest BCUT2D eigenvalue weighted by Gasteiger charge is -2.39. The molecular weight excluding hydrogens is 650 g/mol. The quantitative estimate of drug-likeness (QED) is 0.0547. The number of ether oxygens (including phenoxy) is 4. The van der Waals surface area contributed by atoms with Gasteiger partial charge in [0, 0.05) is 32.5 Å². The number of esters is 1. The minimum atomic E-state index is -0.818. The van der Waals surface area contributed by atoms with Crippen LogP contribution in [0.15, 0.2) is 36.0 Å². The molecule has 49 heavy (non-hydrogen) atoms. The van der Waals surface area contributed by atoms with Gasteiger partial charge < -0.3 is 40.0 Å². The van der Waals surface area contributed by atoms with Gasteiger partial charge in [-0.2, -0.15) is 11.8 Å². The Bertz CT molecular complexity index is 1200. The standard InChI is InChI=1S/C36H57N3O9S/c1-23(10-13-30-24(2)18-29(26(4)47-30)39-32(41)15-12-25(3)46-27(5)40)11-14-31-35(44)36(22-45-36)20-28(48-31)19-33(42)37-16-8-7-9-17-38-34(43)21-49-6/h10-12,14-15,24-26,28-31,35,44H,7-9,13,16-22H2,1-6H3,(H,37,42)(H,38,43)(H,39,41)/b14-11+,15-12-,23-10+/t24-,25-,26+,28+,29+,30-,31+,35+,36+/m0/s1. The summed E-state index contributed by atoms with van der Waals surface area (Å²) < 4.78 is 23.2. The number of rotatable bonds is 18. The van der Waals surface area contributed by atoms with Crippen molar-refractivity contribution in [3.8, 4) is 0 Å². The van der Waals surface area contributed by atoms with Gasteiger partial charge in [-0.1, -0.05) is 30.7 Å². The van der Waals surface area contributed by atoms with Crippen molar-refractivity contribution in [2.24, 2.45) is 5.92 Å². The molecule has 0 aromatic heterocycles. The van der Waals surface area contributed by atoms with E-state index in [1.165, 1.54) is 24.8 Å². The highest BCUT2D eigenvalue weighted by molar-refractivity contribution is 7.99. The molecule has 0 bridgehead atoms. The molecule has 3 amide bonds. The lowest BCUT2D eigenvalue weighted by molar-refractivity contribution is -0.145. The van der Waals surface area contributed by atoms with Gasteiger partial charge in [-0.25, -0.2) is 0 Å². The molecule has 13 heteroatoms. The Balaban J connectivity index is 1.41. The largest absolute Gasteiger partial charge is 0.459 e. The molecular formula is C36H57N3O9S. The Morgan fingerprint density at radius 2 is 1.73 bits per heavy atom. The Morgan fingerprint density at radius 3 is 2.39 bits per heavy atom. The van der Waals surface area contributed by atoms with E-state index in [9.17, 15) is 24.3 Å². The van der Waals surface area contributed by atoms with E-state index in [4.69, 9.17) is 18.9 Å². The fourth-order valence-corrected chi connectivity index (χ4v) is 6.59.